The summed E-state index contributed by atoms with van der Waals surface area (Å²) in [4.78, 5) is 30.6. The van der Waals surface area contributed by atoms with Crippen molar-refractivity contribution in [3.63, 3.8) is 0 Å². The van der Waals surface area contributed by atoms with Gasteiger partial charge in [0, 0.05) is 23.7 Å². The van der Waals surface area contributed by atoms with E-state index in [0.717, 1.165) is 49.2 Å². The second-order valence-corrected chi connectivity index (χ2v) is 9.79. The molecule has 9 heteroatoms. The van der Waals surface area contributed by atoms with Crippen molar-refractivity contribution in [2.24, 2.45) is 5.92 Å². The minimum Gasteiger partial charge on any atom is -0.351 e. The molecular formula is C25H31F3N4O2. The summed E-state index contributed by atoms with van der Waals surface area (Å²) in [6, 6.07) is 8.66. The van der Waals surface area contributed by atoms with E-state index in [2.05, 4.69) is 20.5 Å². The first-order valence-corrected chi connectivity index (χ1v) is 11.3. The van der Waals surface area contributed by atoms with Gasteiger partial charge >= 0.3 is 6.18 Å². The van der Waals surface area contributed by atoms with E-state index in [1.165, 1.54) is 6.07 Å². The van der Waals surface area contributed by atoms with Crippen LogP contribution >= 0.6 is 0 Å². The van der Waals surface area contributed by atoms with Gasteiger partial charge in [-0.3, -0.25) is 14.5 Å². The normalized spacial score (nSPS) is 15.7. The van der Waals surface area contributed by atoms with Crippen LogP contribution in [0.3, 0.4) is 0 Å². The number of alkyl halides is 3. The molecule has 0 unspecified atom stereocenters. The molecule has 2 heterocycles. The average Bonchev–Trinajstić information content (AvgIpc) is 2.75. The van der Waals surface area contributed by atoms with Crippen LogP contribution in [0.15, 0.2) is 36.4 Å². The molecule has 0 aliphatic carbocycles. The Morgan fingerprint density at radius 3 is 2.38 bits per heavy atom. The van der Waals surface area contributed by atoms with E-state index in [4.69, 9.17) is 0 Å². The Balaban J connectivity index is 1.62. The first-order chi connectivity index (χ1) is 15.8. The molecule has 1 fully saturated rings. The number of halogens is 3. The molecule has 6 nitrogen and oxygen atoms in total. The van der Waals surface area contributed by atoms with Gasteiger partial charge in [-0.15, -0.1) is 0 Å². The van der Waals surface area contributed by atoms with Crippen LogP contribution in [0.4, 0.5) is 18.9 Å². The van der Waals surface area contributed by atoms with Gasteiger partial charge in [-0.05, 0) is 89.0 Å². The maximum atomic E-state index is 12.9. The number of pyridine rings is 1. The smallest absolute Gasteiger partial charge is 0.351 e. The number of carbonyl (C=O) groups excluding carboxylic acids is 2. The van der Waals surface area contributed by atoms with Crippen molar-refractivity contribution in [3.05, 3.63) is 58.9 Å². The zero-order chi connectivity index (χ0) is 25.1. The number of aromatic nitrogens is 1. The number of hydrogen-bond acceptors (Lipinski definition) is 4. The van der Waals surface area contributed by atoms with Crippen LogP contribution < -0.4 is 10.6 Å². The number of likely N-dealkylation sites (tertiary alicyclic amines) is 1. The predicted molar refractivity (Wildman–Crippen MR) is 124 cm³/mol. The summed E-state index contributed by atoms with van der Waals surface area (Å²) in [5.41, 5.74) is 0.885. The number of hydrogen-bond donors (Lipinski definition) is 2. The number of benzene rings is 1. The van der Waals surface area contributed by atoms with Gasteiger partial charge in [-0.2, -0.15) is 13.2 Å². The quantitative estimate of drug-likeness (QED) is 0.651. The lowest BCUT2D eigenvalue weighted by atomic mass is 9.94. The van der Waals surface area contributed by atoms with E-state index < -0.39 is 17.8 Å². The van der Waals surface area contributed by atoms with Gasteiger partial charge in [-0.1, -0.05) is 12.1 Å². The van der Waals surface area contributed by atoms with E-state index in [1.54, 1.807) is 6.07 Å². The lowest BCUT2D eigenvalue weighted by molar-refractivity contribution is -0.141. The topological polar surface area (TPSA) is 74.3 Å². The number of aryl methyl sites for hydroxylation is 1. The minimum atomic E-state index is -4.62. The van der Waals surface area contributed by atoms with Gasteiger partial charge in [-0.25, -0.2) is 4.98 Å². The maximum absolute atomic E-state index is 12.9. The third kappa shape index (κ3) is 7.03. The van der Waals surface area contributed by atoms with Crippen molar-refractivity contribution in [3.8, 4) is 0 Å². The number of rotatable bonds is 5. The summed E-state index contributed by atoms with van der Waals surface area (Å²) in [5, 5.41) is 5.69. The van der Waals surface area contributed by atoms with Crippen LogP contribution in [0, 0.1) is 12.8 Å². The van der Waals surface area contributed by atoms with Crippen molar-refractivity contribution < 1.29 is 22.8 Å². The first-order valence-electron chi connectivity index (χ1n) is 11.3. The molecule has 1 aliphatic rings. The van der Waals surface area contributed by atoms with E-state index in [9.17, 15) is 22.8 Å². The fraction of sp³-hybridized carbons (Fsp3) is 0.480. The number of nitrogens with one attached hydrogen (secondary N) is 2. The van der Waals surface area contributed by atoms with Crippen LogP contribution in [0.1, 0.15) is 60.9 Å². The second kappa shape index (κ2) is 10.1. The number of piperidine rings is 1. The van der Waals surface area contributed by atoms with Gasteiger partial charge in [0.1, 0.15) is 11.4 Å². The molecule has 184 valence electrons. The fourth-order valence-corrected chi connectivity index (χ4v) is 3.90. The molecule has 34 heavy (non-hydrogen) atoms. The number of nitrogens with zero attached hydrogens (tertiary/aromatic N) is 2. The lowest BCUT2D eigenvalue weighted by Crippen LogP contribution is -2.46. The van der Waals surface area contributed by atoms with E-state index >= 15 is 0 Å². The molecule has 1 aromatic heterocycles. The minimum absolute atomic E-state index is 0.00200. The largest absolute Gasteiger partial charge is 0.433 e. The molecule has 2 aromatic rings. The highest BCUT2D eigenvalue weighted by atomic mass is 19.4. The Morgan fingerprint density at radius 1 is 1.09 bits per heavy atom. The van der Waals surface area contributed by atoms with Crippen molar-refractivity contribution in [2.75, 3.05) is 18.4 Å². The van der Waals surface area contributed by atoms with Crippen LogP contribution in [-0.2, 0) is 17.5 Å². The Labute approximate surface area is 197 Å². The van der Waals surface area contributed by atoms with Gasteiger partial charge in [0.15, 0.2) is 0 Å². The fourth-order valence-electron chi connectivity index (χ4n) is 3.90. The molecule has 2 N–H and O–H groups in total. The van der Waals surface area contributed by atoms with Gasteiger partial charge in [0.05, 0.1) is 0 Å². The molecule has 0 atom stereocenters. The first kappa shape index (κ1) is 25.7. The van der Waals surface area contributed by atoms with Crippen molar-refractivity contribution in [1.82, 2.24) is 15.2 Å². The van der Waals surface area contributed by atoms with Crippen molar-refractivity contribution in [2.45, 2.75) is 58.8 Å². The molecule has 0 radical (unpaired) electrons. The summed E-state index contributed by atoms with van der Waals surface area (Å²) in [6.07, 6.45) is -3.06. The Hall–Kier alpha value is -2.94. The van der Waals surface area contributed by atoms with Crippen molar-refractivity contribution >= 4 is 17.5 Å². The average molecular weight is 477 g/mol. The summed E-state index contributed by atoms with van der Waals surface area (Å²) in [5.74, 6) is -0.607. The van der Waals surface area contributed by atoms with Crippen LogP contribution in [0.25, 0.3) is 0 Å². The van der Waals surface area contributed by atoms with Crippen molar-refractivity contribution in [1.29, 1.82) is 0 Å². The molecule has 0 saturated carbocycles. The number of amides is 2. The zero-order valence-electron chi connectivity index (χ0n) is 19.9. The zero-order valence-corrected chi connectivity index (χ0v) is 19.9. The molecule has 0 spiro atoms. The van der Waals surface area contributed by atoms with E-state index in [1.807, 2.05) is 39.8 Å². The third-order valence-corrected chi connectivity index (χ3v) is 5.73. The van der Waals surface area contributed by atoms with E-state index in [0.29, 0.717) is 12.2 Å². The number of anilines is 1. The second-order valence-electron chi connectivity index (χ2n) is 9.79. The van der Waals surface area contributed by atoms with Gasteiger partial charge < -0.3 is 10.6 Å². The Morgan fingerprint density at radius 2 is 1.76 bits per heavy atom. The maximum Gasteiger partial charge on any atom is 0.433 e. The summed E-state index contributed by atoms with van der Waals surface area (Å²) in [6.45, 7) is 10.1. The van der Waals surface area contributed by atoms with Gasteiger partial charge in [0.25, 0.3) is 5.91 Å². The van der Waals surface area contributed by atoms with Crippen LogP contribution in [0.2, 0.25) is 0 Å². The van der Waals surface area contributed by atoms with Crippen LogP contribution in [-0.4, -0.2) is 40.3 Å². The predicted octanol–water partition coefficient (Wildman–Crippen LogP) is 4.79. The monoisotopic (exact) mass is 476 g/mol. The molecule has 2 amide bonds. The molecule has 0 bridgehead atoms. The summed E-state index contributed by atoms with van der Waals surface area (Å²) < 4.78 is 38.7. The standard InChI is InChI=1S/C25H31F3N4O2/c1-16-8-9-19(29-23(34)20-6-5-7-21(30-20)25(26,27)28)14-18(16)15-32-12-10-17(11-13-32)22(33)31-24(2,3)4/h5-9,14,17H,10-13,15H2,1-4H3,(H,29,34)(H,31,33). The Kier molecular flexibility index (Phi) is 7.65. The van der Waals surface area contributed by atoms with Crippen LogP contribution in [0.5, 0.6) is 0 Å². The third-order valence-electron chi connectivity index (χ3n) is 5.73. The number of carbonyl (C=O) groups is 2. The highest BCUT2D eigenvalue weighted by Gasteiger charge is 2.33. The molecule has 1 saturated heterocycles. The molecule has 3 rings (SSSR count). The molecular weight excluding hydrogens is 445 g/mol. The SMILES string of the molecule is Cc1ccc(NC(=O)c2cccc(C(F)(F)F)n2)cc1CN1CCC(C(=O)NC(C)(C)C)CC1. The molecule has 1 aromatic carbocycles. The highest BCUT2D eigenvalue weighted by Crippen LogP contribution is 2.28. The lowest BCUT2D eigenvalue weighted by Gasteiger charge is -2.33. The Bertz CT molecular complexity index is 1040. The molecule has 1 aliphatic heterocycles. The van der Waals surface area contributed by atoms with E-state index in [-0.39, 0.29) is 23.1 Å². The highest BCUT2D eigenvalue weighted by molar-refractivity contribution is 6.02. The summed E-state index contributed by atoms with van der Waals surface area (Å²) >= 11 is 0. The van der Waals surface area contributed by atoms with Gasteiger partial charge in [0.2, 0.25) is 5.91 Å². The summed E-state index contributed by atoms with van der Waals surface area (Å²) in [7, 11) is 0.